The van der Waals surface area contributed by atoms with Crippen LogP contribution in [0, 0.1) is 6.92 Å². The molecule has 0 radical (unpaired) electrons. The molecule has 0 saturated carbocycles. The molecule has 2 aromatic carbocycles. The van der Waals surface area contributed by atoms with Gasteiger partial charge in [-0.1, -0.05) is 30.3 Å². The number of ether oxygens (including phenoxy) is 2. The number of hydrogen-bond donors (Lipinski definition) is 2. The third kappa shape index (κ3) is 4.86. The third-order valence-corrected chi connectivity index (χ3v) is 3.77. The molecule has 0 aliphatic rings. The fourth-order valence-corrected chi connectivity index (χ4v) is 2.46. The van der Waals surface area contributed by atoms with Gasteiger partial charge < -0.3 is 20.1 Å². The molecule has 0 heterocycles. The summed E-state index contributed by atoms with van der Waals surface area (Å²) in [4.78, 5) is 0. The van der Waals surface area contributed by atoms with Gasteiger partial charge in [0.1, 0.15) is 0 Å². The normalized spacial score (nSPS) is 10.0. The molecular formula is C18H22N2O2S. The zero-order chi connectivity index (χ0) is 16.7. The molecule has 2 aromatic rings. The van der Waals surface area contributed by atoms with Crippen molar-refractivity contribution in [2.45, 2.75) is 13.3 Å². The van der Waals surface area contributed by atoms with E-state index in [4.69, 9.17) is 21.7 Å². The van der Waals surface area contributed by atoms with E-state index in [1.165, 1.54) is 5.56 Å². The number of nitrogens with one attached hydrogen (secondary N) is 2. The molecule has 4 nitrogen and oxygen atoms in total. The van der Waals surface area contributed by atoms with Crippen molar-refractivity contribution in [3.05, 3.63) is 53.6 Å². The lowest BCUT2D eigenvalue weighted by molar-refractivity contribution is 0.355. The van der Waals surface area contributed by atoms with Gasteiger partial charge in [-0.15, -0.1) is 0 Å². The highest BCUT2D eigenvalue weighted by molar-refractivity contribution is 7.80. The maximum absolute atomic E-state index is 5.36. The number of thiocarbonyl (C=S) groups is 1. The standard InChI is InChI=1S/C18H22N2O2S/c1-13-11-16(21-2)17(22-3)12-15(13)20-18(23)19-10-9-14-7-5-4-6-8-14/h4-8,11-12H,9-10H2,1-3H3,(H2,19,20,23). The number of hydrogen-bond acceptors (Lipinski definition) is 3. The Bertz CT molecular complexity index is 660. The molecule has 5 heteroatoms. The molecule has 0 aromatic heterocycles. The van der Waals surface area contributed by atoms with E-state index in [0.717, 1.165) is 24.2 Å². The van der Waals surface area contributed by atoms with Crippen LogP contribution >= 0.6 is 12.2 Å². The van der Waals surface area contributed by atoms with E-state index < -0.39 is 0 Å². The Hall–Kier alpha value is -2.27. The number of anilines is 1. The number of rotatable bonds is 6. The highest BCUT2D eigenvalue weighted by Gasteiger charge is 2.09. The van der Waals surface area contributed by atoms with Crippen molar-refractivity contribution >= 4 is 23.0 Å². The molecule has 0 fully saturated rings. The zero-order valence-corrected chi connectivity index (χ0v) is 14.5. The Kier molecular flexibility index (Phi) is 6.23. The summed E-state index contributed by atoms with van der Waals surface area (Å²) in [7, 11) is 3.24. The largest absolute Gasteiger partial charge is 0.493 e. The van der Waals surface area contributed by atoms with E-state index in [1.807, 2.05) is 37.3 Å². The lowest BCUT2D eigenvalue weighted by atomic mass is 10.1. The molecule has 0 atom stereocenters. The Morgan fingerprint density at radius 1 is 1.04 bits per heavy atom. The first kappa shape index (κ1) is 17.1. The van der Waals surface area contributed by atoms with Crippen LogP contribution in [-0.4, -0.2) is 25.9 Å². The van der Waals surface area contributed by atoms with E-state index >= 15 is 0 Å². The van der Waals surface area contributed by atoms with Gasteiger partial charge in [0.05, 0.1) is 14.2 Å². The molecule has 122 valence electrons. The molecule has 0 aliphatic carbocycles. The summed E-state index contributed by atoms with van der Waals surface area (Å²) in [5.41, 5.74) is 3.22. The smallest absolute Gasteiger partial charge is 0.170 e. The first-order valence-corrected chi connectivity index (χ1v) is 7.86. The lowest BCUT2D eigenvalue weighted by Crippen LogP contribution is -2.30. The van der Waals surface area contributed by atoms with Crippen LogP contribution in [0.5, 0.6) is 11.5 Å². The van der Waals surface area contributed by atoms with Crippen LogP contribution in [0.2, 0.25) is 0 Å². The van der Waals surface area contributed by atoms with Gasteiger partial charge in [0.2, 0.25) is 0 Å². The van der Waals surface area contributed by atoms with Crippen molar-refractivity contribution in [1.29, 1.82) is 0 Å². The molecule has 2 N–H and O–H groups in total. The van der Waals surface area contributed by atoms with Crippen LogP contribution < -0.4 is 20.1 Å². The summed E-state index contributed by atoms with van der Waals surface area (Å²) in [5, 5.41) is 7.02. The first-order chi connectivity index (χ1) is 11.1. The van der Waals surface area contributed by atoms with Gasteiger partial charge in [-0.3, -0.25) is 0 Å². The molecule has 0 bridgehead atoms. The minimum atomic E-state index is 0.594. The van der Waals surface area contributed by atoms with E-state index in [1.54, 1.807) is 14.2 Å². The Morgan fingerprint density at radius 3 is 2.35 bits per heavy atom. The average Bonchev–Trinajstić information content (AvgIpc) is 2.57. The molecule has 0 spiro atoms. The van der Waals surface area contributed by atoms with Gasteiger partial charge in [0, 0.05) is 18.3 Å². The second kappa shape index (κ2) is 8.39. The van der Waals surface area contributed by atoms with Crippen molar-refractivity contribution in [3.8, 4) is 11.5 Å². The monoisotopic (exact) mass is 330 g/mol. The highest BCUT2D eigenvalue weighted by atomic mass is 32.1. The van der Waals surface area contributed by atoms with Gasteiger partial charge in [-0.2, -0.15) is 0 Å². The Morgan fingerprint density at radius 2 is 1.70 bits per heavy atom. The van der Waals surface area contributed by atoms with Gasteiger partial charge >= 0.3 is 0 Å². The van der Waals surface area contributed by atoms with Gasteiger partial charge in [-0.25, -0.2) is 0 Å². The molecular weight excluding hydrogens is 308 g/mol. The summed E-state index contributed by atoms with van der Waals surface area (Å²) in [6.07, 6.45) is 0.924. The van der Waals surface area contributed by atoms with Crippen LogP contribution in [0.3, 0.4) is 0 Å². The molecule has 0 saturated heterocycles. The second-order valence-electron chi connectivity index (χ2n) is 5.14. The Labute approximate surface area is 142 Å². The SMILES string of the molecule is COc1cc(C)c(NC(=S)NCCc2ccccc2)cc1OC. The van der Waals surface area contributed by atoms with Gasteiger partial charge in [0.25, 0.3) is 0 Å². The minimum absolute atomic E-state index is 0.594. The van der Waals surface area contributed by atoms with E-state index in [2.05, 4.69) is 22.8 Å². The number of aryl methyl sites for hydroxylation is 1. The van der Waals surface area contributed by atoms with Crippen molar-refractivity contribution in [2.24, 2.45) is 0 Å². The highest BCUT2D eigenvalue weighted by Crippen LogP contribution is 2.32. The second-order valence-corrected chi connectivity index (χ2v) is 5.55. The predicted octanol–water partition coefficient (Wildman–Crippen LogP) is 3.54. The quantitative estimate of drug-likeness (QED) is 0.793. The number of methoxy groups -OCH3 is 2. The maximum Gasteiger partial charge on any atom is 0.170 e. The maximum atomic E-state index is 5.36. The summed E-state index contributed by atoms with van der Waals surface area (Å²) in [6, 6.07) is 14.1. The fourth-order valence-electron chi connectivity index (χ4n) is 2.25. The summed E-state index contributed by atoms with van der Waals surface area (Å²) in [6.45, 7) is 2.78. The average molecular weight is 330 g/mol. The molecule has 0 aliphatic heterocycles. The van der Waals surface area contributed by atoms with Gasteiger partial charge in [-0.05, 0) is 42.8 Å². The lowest BCUT2D eigenvalue weighted by Gasteiger charge is -2.15. The van der Waals surface area contributed by atoms with Crippen LogP contribution in [0.4, 0.5) is 5.69 Å². The van der Waals surface area contributed by atoms with Crippen LogP contribution in [0.15, 0.2) is 42.5 Å². The summed E-state index contributed by atoms with van der Waals surface area (Å²) >= 11 is 5.36. The molecule has 0 unspecified atom stereocenters. The third-order valence-electron chi connectivity index (χ3n) is 3.52. The molecule has 23 heavy (non-hydrogen) atoms. The van der Waals surface area contributed by atoms with Crippen molar-refractivity contribution in [1.82, 2.24) is 5.32 Å². The number of benzene rings is 2. The van der Waals surface area contributed by atoms with Crippen LogP contribution in [0.25, 0.3) is 0 Å². The van der Waals surface area contributed by atoms with Crippen LogP contribution in [-0.2, 0) is 6.42 Å². The molecule has 0 amide bonds. The van der Waals surface area contributed by atoms with E-state index in [0.29, 0.717) is 16.6 Å². The van der Waals surface area contributed by atoms with Crippen molar-refractivity contribution in [2.75, 3.05) is 26.1 Å². The van der Waals surface area contributed by atoms with E-state index in [9.17, 15) is 0 Å². The Balaban J connectivity index is 1.92. The van der Waals surface area contributed by atoms with Crippen molar-refractivity contribution in [3.63, 3.8) is 0 Å². The first-order valence-electron chi connectivity index (χ1n) is 7.45. The van der Waals surface area contributed by atoms with Crippen molar-refractivity contribution < 1.29 is 9.47 Å². The van der Waals surface area contributed by atoms with Crippen LogP contribution in [0.1, 0.15) is 11.1 Å². The topological polar surface area (TPSA) is 42.5 Å². The zero-order valence-electron chi connectivity index (χ0n) is 13.7. The summed E-state index contributed by atoms with van der Waals surface area (Å²) < 4.78 is 10.6. The predicted molar refractivity (Wildman–Crippen MR) is 98.7 cm³/mol. The van der Waals surface area contributed by atoms with E-state index in [-0.39, 0.29) is 0 Å². The fraction of sp³-hybridized carbons (Fsp3) is 0.278. The van der Waals surface area contributed by atoms with Gasteiger partial charge in [0.15, 0.2) is 16.6 Å². The molecule has 2 rings (SSSR count). The minimum Gasteiger partial charge on any atom is -0.493 e. The summed E-state index contributed by atoms with van der Waals surface area (Å²) in [5.74, 6) is 1.38.